The standard InChI is InChI=1S/C9H15N3O2/c1-6(2)12-7(10-5-11-12)9(3,4)8(13)14/h5-6H,1-4H3,(H,13,14). The van der Waals surface area contributed by atoms with Crippen molar-refractivity contribution in [1.82, 2.24) is 14.8 Å². The monoisotopic (exact) mass is 197 g/mol. The van der Waals surface area contributed by atoms with E-state index in [1.807, 2.05) is 13.8 Å². The third-order valence-electron chi connectivity index (χ3n) is 2.16. The lowest BCUT2D eigenvalue weighted by Crippen LogP contribution is -2.33. The highest BCUT2D eigenvalue weighted by Gasteiger charge is 2.35. The Morgan fingerprint density at radius 2 is 2.14 bits per heavy atom. The first-order valence-electron chi connectivity index (χ1n) is 4.50. The van der Waals surface area contributed by atoms with Gasteiger partial charge in [-0.25, -0.2) is 9.67 Å². The van der Waals surface area contributed by atoms with Gasteiger partial charge in [0.1, 0.15) is 17.6 Å². The van der Waals surface area contributed by atoms with Crippen molar-refractivity contribution in [2.45, 2.75) is 39.2 Å². The molecule has 0 unspecified atom stereocenters. The van der Waals surface area contributed by atoms with Crippen molar-refractivity contribution in [3.63, 3.8) is 0 Å². The number of carboxylic acid groups (broad SMARTS) is 1. The summed E-state index contributed by atoms with van der Waals surface area (Å²) < 4.78 is 1.63. The summed E-state index contributed by atoms with van der Waals surface area (Å²) in [4.78, 5) is 15.0. The molecule has 0 spiro atoms. The van der Waals surface area contributed by atoms with Crippen molar-refractivity contribution in [2.75, 3.05) is 0 Å². The largest absolute Gasteiger partial charge is 0.481 e. The highest BCUT2D eigenvalue weighted by molar-refractivity contribution is 5.78. The topological polar surface area (TPSA) is 68.0 Å². The Labute approximate surface area is 82.8 Å². The van der Waals surface area contributed by atoms with E-state index in [2.05, 4.69) is 10.1 Å². The Bertz CT molecular complexity index is 342. The second-order valence-electron chi connectivity index (χ2n) is 4.05. The zero-order valence-electron chi connectivity index (χ0n) is 8.85. The maximum absolute atomic E-state index is 11.0. The predicted molar refractivity (Wildman–Crippen MR) is 51.1 cm³/mol. The summed E-state index contributed by atoms with van der Waals surface area (Å²) in [5.41, 5.74) is -0.999. The minimum Gasteiger partial charge on any atom is -0.481 e. The molecule has 1 heterocycles. The normalized spacial score (nSPS) is 12.1. The van der Waals surface area contributed by atoms with E-state index in [1.165, 1.54) is 6.33 Å². The molecular formula is C9H15N3O2. The van der Waals surface area contributed by atoms with E-state index in [-0.39, 0.29) is 6.04 Å². The first-order valence-corrected chi connectivity index (χ1v) is 4.50. The Hall–Kier alpha value is -1.39. The predicted octanol–water partition coefficient (Wildman–Crippen LogP) is 1.22. The average molecular weight is 197 g/mol. The van der Waals surface area contributed by atoms with Gasteiger partial charge in [-0.3, -0.25) is 4.79 Å². The molecule has 0 atom stereocenters. The van der Waals surface area contributed by atoms with Gasteiger partial charge in [0.2, 0.25) is 0 Å². The summed E-state index contributed by atoms with van der Waals surface area (Å²) in [5, 5.41) is 13.0. The van der Waals surface area contributed by atoms with Crippen LogP contribution < -0.4 is 0 Å². The van der Waals surface area contributed by atoms with E-state index in [0.717, 1.165) is 0 Å². The molecule has 5 heteroatoms. The van der Waals surface area contributed by atoms with Crippen LogP contribution in [0.15, 0.2) is 6.33 Å². The van der Waals surface area contributed by atoms with Gasteiger partial charge in [0.15, 0.2) is 0 Å². The van der Waals surface area contributed by atoms with Gasteiger partial charge in [0.05, 0.1) is 0 Å². The molecule has 0 aliphatic rings. The van der Waals surface area contributed by atoms with E-state index in [9.17, 15) is 4.79 Å². The quantitative estimate of drug-likeness (QED) is 0.791. The van der Waals surface area contributed by atoms with Gasteiger partial charge >= 0.3 is 5.97 Å². The van der Waals surface area contributed by atoms with Crippen LogP contribution in [0.4, 0.5) is 0 Å². The third-order valence-corrected chi connectivity index (χ3v) is 2.16. The molecule has 78 valence electrons. The number of hydrogen-bond acceptors (Lipinski definition) is 3. The Kier molecular flexibility index (Phi) is 2.59. The van der Waals surface area contributed by atoms with E-state index in [4.69, 9.17) is 5.11 Å². The van der Waals surface area contributed by atoms with E-state index < -0.39 is 11.4 Å². The first-order chi connectivity index (χ1) is 6.37. The zero-order valence-corrected chi connectivity index (χ0v) is 8.85. The van der Waals surface area contributed by atoms with Gasteiger partial charge in [-0.05, 0) is 27.7 Å². The number of hydrogen-bond donors (Lipinski definition) is 1. The van der Waals surface area contributed by atoms with Crippen molar-refractivity contribution < 1.29 is 9.90 Å². The molecule has 0 aromatic carbocycles. The van der Waals surface area contributed by atoms with E-state index in [1.54, 1.807) is 18.5 Å². The summed E-state index contributed by atoms with van der Waals surface area (Å²) in [6.07, 6.45) is 1.39. The Balaban J connectivity index is 3.18. The minimum atomic E-state index is -0.999. The number of carboxylic acids is 1. The third kappa shape index (κ3) is 1.62. The first kappa shape index (κ1) is 10.7. The summed E-state index contributed by atoms with van der Waals surface area (Å²) >= 11 is 0. The fourth-order valence-corrected chi connectivity index (χ4v) is 1.17. The van der Waals surface area contributed by atoms with Crippen molar-refractivity contribution in [3.8, 4) is 0 Å². The molecule has 0 saturated carbocycles. The molecule has 1 aromatic rings. The number of aromatic nitrogens is 3. The maximum atomic E-state index is 11.0. The number of rotatable bonds is 3. The fourth-order valence-electron chi connectivity index (χ4n) is 1.17. The van der Waals surface area contributed by atoms with E-state index in [0.29, 0.717) is 5.82 Å². The van der Waals surface area contributed by atoms with Gasteiger partial charge in [-0.1, -0.05) is 0 Å². The summed E-state index contributed by atoms with van der Waals surface area (Å²) in [5.74, 6) is -0.410. The second-order valence-corrected chi connectivity index (χ2v) is 4.05. The van der Waals surface area contributed by atoms with Gasteiger partial charge in [-0.2, -0.15) is 5.10 Å². The number of aliphatic carboxylic acids is 1. The molecule has 0 amide bonds. The van der Waals surface area contributed by atoms with Crippen molar-refractivity contribution in [1.29, 1.82) is 0 Å². The minimum absolute atomic E-state index is 0.117. The Morgan fingerprint density at radius 3 is 2.57 bits per heavy atom. The van der Waals surface area contributed by atoms with Gasteiger partial charge in [0.25, 0.3) is 0 Å². The molecule has 0 bridgehead atoms. The van der Waals surface area contributed by atoms with Gasteiger partial charge in [-0.15, -0.1) is 0 Å². The van der Waals surface area contributed by atoms with Crippen LogP contribution in [0.5, 0.6) is 0 Å². The molecule has 5 nitrogen and oxygen atoms in total. The van der Waals surface area contributed by atoms with Crippen LogP contribution in [0, 0.1) is 0 Å². The lowest BCUT2D eigenvalue weighted by atomic mass is 9.92. The molecule has 0 saturated heterocycles. The summed E-state index contributed by atoms with van der Waals surface area (Å²) in [6.45, 7) is 7.13. The molecule has 1 rings (SSSR count). The maximum Gasteiger partial charge on any atom is 0.316 e. The smallest absolute Gasteiger partial charge is 0.316 e. The van der Waals surface area contributed by atoms with E-state index >= 15 is 0 Å². The number of nitrogens with zero attached hydrogens (tertiary/aromatic N) is 3. The van der Waals surface area contributed by atoms with Crippen LogP contribution in [-0.2, 0) is 10.2 Å². The second kappa shape index (κ2) is 3.40. The highest BCUT2D eigenvalue weighted by Crippen LogP contribution is 2.22. The number of carbonyl (C=O) groups is 1. The summed E-state index contributed by atoms with van der Waals surface area (Å²) in [7, 11) is 0. The van der Waals surface area contributed by atoms with Crippen molar-refractivity contribution >= 4 is 5.97 Å². The van der Waals surface area contributed by atoms with Crippen molar-refractivity contribution in [3.05, 3.63) is 12.2 Å². The molecule has 0 aliphatic carbocycles. The van der Waals surface area contributed by atoms with Gasteiger partial charge in [0, 0.05) is 6.04 Å². The lowest BCUT2D eigenvalue weighted by Gasteiger charge is -2.20. The van der Waals surface area contributed by atoms with Crippen molar-refractivity contribution in [2.24, 2.45) is 0 Å². The molecule has 1 aromatic heterocycles. The average Bonchev–Trinajstić information content (AvgIpc) is 2.51. The summed E-state index contributed by atoms with van der Waals surface area (Å²) in [6, 6.07) is 0.117. The van der Waals surface area contributed by atoms with Gasteiger partial charge < -0.3 is 5.11 Å². The van der Waals surface area contributed by atoms with Crippen LogP contribution in [0.1, 0.15) is 39.6 Å². The Morgan fingerprint density at radius 1 is 1.57 bits per heavy atom. The van der Waals surface area contributed by atoms with Crippen LogP contribution in [0.25, 0.3) is 0 Å². The SMILES string of the molecule is CC(C)n1ncnc1C(C)(C)C(=O)O. The molecule has 0 radical (unpaired) electrons. The zero-order chi connectivity index (χ0) is 10.9. The fraction of sp³-hybridized carbons (Fsp3) is 0.667. The highest BCUT2D eigenvalue weighted by atomic mass is 16.4. The van der Waals surface area contributed by atoms with Crippen LogP contribution >= 0.6 is 0 Å². The molecule has 14 heavy (non-hydrogen) atoms. The molecule has 0 aliphatic heterocycles. The van der Waals surface area contributed by atoms with Crippen LogP contribution in [0.2, 0.25) is 0 Å². The molecule has 1 N–H and O–H groups in total. The molecule has 0 fully saturated rings. The van der Waals surface area contributed by atoms with Crippen LogP contribution in [0.3, 0.4) is 0 Å². The molecular weight excluding hydrogens is 182 g/mol. The van der Waals surface area contributed by atoms with Crippen LogP contribution in [-0.4, -0.2) is 25.8 Å². The lowest BCUT2D eigenvalue weighted by molar-refractivity contribution is -0.142.